The minimum atomic E-state index is -0.0320. The second kappa shape index (κ2) is 8.91. The summed E-state index contributed by atoms with van der Waals surface area (Å²) in [6.07, 6.45) is 2.52. The summed E-state index contributed by atoms with van der Waals surface area (Å²) in [6, 6.07) is 5.74. The maximum absolute atomic E-state index is 12.6. The van der Waals surface area contributed by atoms with E-state index in [1.165, 1.54) is 12.8 Å². The molecule has 0 aliphatic carbocycles. The summed E-state index contributed by atoms with van der Waals surface area (Å²) in [7, 11) is 0. The summed E-state index contributed by atoms with van der Waals surface area (Å²) in [5, 5.41) is 3.19. The molecule has 1 atom stereocenters. The van der Waals surface area contributed by atoms with Crippen molar-refractivity contribution in [3.63, 3.8) is 0 Å². The molecule has 1 aromatic rings. The maximum Gasteiger partial charge on any atom is 0.251 e. The van der Waals surface area contributed by atoms with E-state index in [4.69, 9.17) is 23.2 Å². The lowest BCUT2D eigenvalue weighted by molar-refractivity contribution is 0.0912. The molecular weight excluding hydrogens is 331 g/mol. The lowest BCUT2D eigenvalue weighted by Gasteiger charge is -2.27. The molecule has 2 rings (SSSR count). The van der Waals surface area contributed by atoms with Crippen molar-refractivity contribution in [1.29, 1.82) is 0 Å². The first kappa shape index (κ1) is 18.6. The van der Waals surface area contributed by atoms with E-state index in [1.54, 1.807) is 0 Å². The van der Waals surface area contributed by atoms with E-state index in [9.17, 15) is 4.79 Å². The van der Waals surface area contributed by atoms with Gasteiger partial charge in [0.2, 0.25) is 0 Å². The molecule has 0 radical (unpaired) electrons. The van der Waals surface area contributed by atoms with E-state index in [1.807, 2.05) is 18.2 Å². The van der Waals surface area contributed by atoms with Crippen molar-refractivity contribution >= 4 is 29.1 Å². The van der Waals surface area contributed by atoms with E-state index < -0.39 is 0 Å². The summed E-state index contributed by atoms with van der Waals surface area (Å²) in [5.74, 6) is 1.14. The Labute approximate surface area is 149 Å². The Morgan fingerprint density at radius 1 is 1.17 bits per heavy atom. The summed E-state index contributed by atoms with van der Waals surface area (Å²) in [6.45, 7) is 7.51. The van der Waals surface area contributed by atoms with Gasteiger partial charge in [0.15, 0.2) is 0 Å². The molecule has 1 N–H and O–H groups in total. The smallest absolute Gasteiger partial charge is 0.251 e. The van der Waals surface area contributed by atoms with Crippen molar-refractivity contribution in [3.05, 3.63) is 34.9 Å². The number of carbonyl (C=O) groups excluding carboxylic acids is 1. The standard InChI is InChI=1S/C18H26Cl2N2O/c1-13(2)17(12-22-7-3-4-8-22)21-18(23)14-5-6-15(10-19)16(9-14)11-20/h5-6,9,13,17H,3-4,7-8,10-12H2,1-2H3,(H,21,23). The second-order valence-corrected chi connectivity index (χ2v) is 7.12. The Hall–Kier alpha value is -0.770. The van der Waals surface area contributed by atoms with Crippen LogP contribution >= 0.6 is 23.2 Å². The van der Waals surface area contributed by atoms with Gasteiger partial charge in [-0.2, -0.15) is 0 Å². The molecule has 1 aliphatic rings. The highest BCUT2D eigenvalue weighted by Crippen LogP contribution is 2.17. The van der Waals surface area contributed by atoms with E-state index in [0.717, 1.165) is 30.8 Å². The molecular formula is C18H26Cl2N2O. The van der Waals surface area contributed by atoms with Gasteiger partial charge in [0.25, 0.3) is 5.91 Å². The lowest BCUT2D eigenvalue weighted by atomic mass is 10.0. The van der Waals surface area contributed by atoms with Crippen molar-refractivity contribution in [2.75, 3.05) is 19.6 Å². The van der Waals surface area contributed by atoms with Crippen LogP contribution in [0.2, 0.25) is 0 Å². The number of benzene rings is 1. The summed E-state index contributed by atoms with van der Waals surface area (Å²) in [5.41, 5.74) is 2.56. The molecule has 1 aromatic carbocycles. The van der Waals surface area contributed by atoms with Crippen molar-refractivity contribution < 1.29 is 4.79 Å². The number of halogens is 2. The van der Waals surface area contributed by atoms with E-state index in [2.05, 4.69) is 24.1 Å². The van der Waals surface area contributed by atoms with Crippen LogP contribution in [0.1, 0.15) is 48.2 Å². The van der Waals surface area contributed by atoms with Crippen molar-refractivity contribution in [2.45, 2.75) is 44.5 Å². The zero-order valence-electron chi connectivity index (χ0n) is 13.9. The van der Waals surface area contributed by atoms with Gasteiger partial charge < -0.3 is 10.2 Å². The van der Waals surface area contributed by atoms with Gasteiger partial charge in [-0.25, -0.2) is 0 Å². The fourth-order valence-corrected chi connectivity index (χ4v) is 3.45. The van der Waals surface area contributed by atoms with Crippen LogP contribution in [0.15, 0.2) is 18.2 Å². The molecule has 128 valence electrons. The zero-order valence-corrected chi connectivity index (χ0v) is 15.5. The molecule has 1 unspecified atom stereocenters. The van der Waals surface area contributed by atoms with Crippen LogP contribution in [-0.2, 0) is 11.8 Å². The van der Waals surface area contributed by atoms with Crippen LogP contribution in [-0.4, -0.2) is 36.5 Å². The molecule has 0 spiro atoms. The van der Waals surface area contributed by atoms with Crippen LogP contribution < -0.4 is 5.32 Å². The largest absolute Gasteiger partial charge is 0.348 e. The first-order chi connectivity index (χ1) is 11.0. The monoisotopic (exact) mass is 356 g/mol. The third-order valence-corrected chi connectivity index (χ3v) is 5.11. The second-order valence-electron chi connectivity index (χ2n) is 6.58. The normalized spacial score (nSPS) is 16.7. The van der Waals surface area contributed by atoms with Crippen molar-refractivity contribution in [3.8, 4) is 0 Å². The number of hydrogen-bond acceptors (Lipinski definition) is 2. The molecule has 0 bridgehead atoms. The van der Waals surface area contributed by atoms with Gasteiger partial charge in [-0.05, 0) is 55.1 Å². The fourth-order valence-electron chi connectivity index (χ4n) is 2.94. The van der Waals surface area contributed by atoms with Gasteiger partial charge in [0.1, 0.15) is 0 Å². The number of alkyl halides is 2. The van der Waals surface area contributed by atoms with E-state index >= 15 is 0 Å². The molecule has 1 fully saturated rings. The lowest BCUT2D eigenvalue weighted by Crippen LogP contribution is -2.46. The SMILES string of the molecule is CC(C)C(CN1CCCC1)NC(=O)c1ccc(CCl)c(CCl)c1. The van der Waals surface area contributed by atoms with Gasteiger partial charge >= 0.3 is 0 Å². The number of rotatable bonds is 7. The highest BCUT2D eigenvalue weighted by molar-refractivity contribution is 6.18. The predicted molar refractivity (Wildman–Crippen MR) is 97.3 cm³/mol. The van der Waals surface area contributed by atoms with Crippen LogP contribution in [0.3, 0.4) is 0 Å². The Balaban J connectivity index is 2.05. The van der Waals surface area contributed by atoms with Crippen LogP contribution in [0.4, 0.5) is 0 Å². The van der Waals surface area contributed by atoms with E-state index in [0.29, 0.717) is 23.2 Å². The first-order valence-electron chi connectivity index (χ1n) is 8.32. The summed E-state index contributed by atoms with van der Waals surface area (Å²) >= 11 is 11.9. The number of carbonyl (C=O) groups is 1. The van der Waals surface area contributed by atoms with Crippen LogP contribution in [0.25, 0.3) is 0 Å². The minimum Gasteiger partial charge on any atom is -0.348 e. The Morgan fingerprint density at radius 2 is 1.83 bits per heavy atom. The molecule has 1 saturated heterocycles. The van der Waals surface area contributed by atoms with Crippen molar-refractivity contribution in [2.24, 2.45) is 5.92 Å². The predicted octanol–water partition coefficient (Wildman–Crippen LogP) is 4.01. The maximum atomic E-state index is 12.6. The van der Waals surface area contributed by atoms with Gasteiger partial charge in [0, 0.05) is 29.9 Å². The molecule has 3 nitrogen and oxygen atoms in total. The number of hydrogen-bond donors (Lipinski definition) is 1. The van der Waals surface area contributed by atoms with E-state index in [-0.39, 0.29) is 11.9 Å². The van der Waals surface area contributed by atoms with Crippen molar-refractivity contribution in [1.82, 2.24) is 10.2 Å². The van der Waals surface area contributed by atoms with Crippen LogP contribution in [0, 0.1) is 5.92 Å². The summed E-state index contributed by atoms with van der Waals surface area (Å²) in [4.78, 5) is 15.0. The average Bonchev–Trinajstić information content (AvgIpc) is 3.06. The van der Waals surface area contributed by atoms with Gasteiger partial charge in [-0.1, -0.05) is 19.9 Å². The first-order valence-corrected chi connectivity index (χ1v) is 9.39. The number of likely N-dealkylation sites (tertiary alicyclic amines) is 1. The molecule has 1 amide bonds. The highest BCUT2D eigenvalue weighted by atomic mass is 35.5. The summed E-state index contributed by atoms with van der Waals surface area (Å²) < 4.78 is 0. The quantitative estimate of drug-likeness (QED) is 0.748. The molecule has 1 heterocycles. The zero-order chi connectivity index (χ0) is 16.8. The van der Waals surface area contributed by atoms with Gasteiger partial charge in [0.05, 0.1) is 0 Å². The number of amides is 1. The van der Waals surface area contributed by atoms with Gasteiger partial charge in [-0.3, -0.25) is 4.79 Å². The average molecular weight is 357 g/mol. The van der Waals surface area contributed by atoms with Crippen LogP contribution in [0.5, 0.6) is 0 Å². The Morgan fingerprint density at radius 3 is 2.39 bits per heavy atom. The minimum absolute atomic E-state index is 0.0320. The highest BCUT2D eigenvalue weighted by Gasteiger charge is 2.22. The third kappa shape index (κ3) is 5.10. The number of nitrogens with one attached hydrogen (secondary N) is 1. The Bertz CT molecular complexity index is 528. The van der Waals surface area contributed by atoms with Gasteiger partial charge in [-0.15, -0.1) is 23.2 Å². The molecule has 1 aliphatic heterocycles. The molecule has 0 aromatic heterocycles. The molecule has 0 saturated carbocycles. The Kier molecular flexibility index (Phi) is 7.19. The fraction of sp³-hybridized carbons (Fsp3) is 0.611. The molecule has 5 heteroatoms. The molecule has 23 heavy (non-hydrogen) atoms. The number of nitrogens with zero attached hydrogens (tertiary/aromatic N) is 1. The topological polar surface area (TPSA) is 32.3 Å². The third-order valence-electron chi connectivity index (χ3n) is 4.53.